The van der Waals surface area contributed by atoms with Gasteiger partial charge < -0.3 is 9.30 Å². The normalized spacial score (nSPS) is 13.0. The number of hydrogen-bond donors (Lipinski definition) is 0. The minimum atomic E-state index is -0.700. The number of ether oxygens (including phenoxy) is 1. The number of rotatable bonds is 5. The molecule has 0 saturated carbocycles. The Kier molecular flexibility index (Phi) is 6.47. The Morgan fingerprint density at radius 3 is 2.32 bits per heavy atom. The molecular formula is C30H30ClN3O2S. The first-order valence-electron chi connectivity index (χ1n) is 12.2. The molecule has 1 atom stereocenters. The van der Waals surface area contributed by atoms with E-state index < -0.39 is 11.7 Å². The Hall–Kier alpha value is -3.06. The van der Waals surface area contributed by atoms with Crippen molar-refractivity contribution in [2.45, 2.75) is 53.2 Å². The van der Waals surface area contributed by atoms with Gasteiger partial charge in [0.2, 0.25) is 0 Å². The van der Waals surface area contributed by atoms with Crippen LogP contribution in [0.15, 0.2) is 48.5 Å². The number of aromatic nitrogens is 3. The SMILES string of the molecule is CC(=O)[C@@H](OC(C)(C)C)c1c(C)cc2nc(-c3ccc4nc(C)n(C)c4c3)sc2c1-c1ccc(Cl)cc1. The van der Waals surface area contributed by atoms with Gasteiger partial charge in [-0.25, -0.2) is 9.97 Å². The van der Waals surface area contributed by atoms with Crippen LogP contribution in [0.5, 0.6) is 0 Å². The highest BCUT2D eigenvalue weighted by atomic mass is 35.5. The summed E-state index contributed by atoms with van der Waals surface area (Å²) in [5, 5.41) is 1.58. The standard InChI is InChI=1S/C30H30ClN3O2S/c1-16-14-23-28(37-29(33-23)20-10-13-22-24(15-20)34(7)18(3)32-22)26(19-8-11-21(31)12-9-19)25(16)27(17(2)35)36-30(4,5)6/h8-15,27H,1-7H3/t27-/m1/s1. The molecule has 0 aliphatic rings. The van der Waals surface area contributed by atoms with Crippen molar-refractivity contribution in [3.63, 3.8) is 0 Å². The molecule has 3 aromatic carbocycles. The molecule has 0 radical (unpaired) electrons. The summed E-state index contributed by atoms with van der Waals surface area (Å²) in [6, 6.07) is 16.1. The molecule has 190 valence electrons. The first kappa shape index (κ1) is 25.6. The molecule has 2 aromatic heterocycles. The summed E-state index contributed by atoms with van der Waals surface area (Å²) in [6.45, 7) is 11.5. The van der Waals surface area contributed by atoms with Crippen molar-refractivity contribution in [3.8, 4) is 21.7 Å². The molecule has 5 nitrogen and oxygen atoms in total. The number of Topliss-reactive ketones (excluding diaryl/α,β-unsaturated/α-hetero) is 1. The fourth-order valence-electron chi connectivity index (χ4n) is 4.72. The van der Waals surface area contributed by atoms with E-state index in [4.69, 9.17) is 21.3 Å². The van der Waals surface area contributed by atoms with E-state index in [0.717, 1.165) is 59.9 Å². The second-order valence-electron chi connectivity index (χ2n) is 10.5. The maximum absolute atomic E-state index is 13.0. The third kappa shape index (κ3) is 4.81. The van der Waals surface area contributed by atoms with Gasteiger partial charge in [-0.2, -0.15) is 0 Å². The fourth-order valence-corrected chi connectivity index (χ4v) is 5.96. The van der Waals surface area contributed by atoms with Gasteiger partial charge in [-0.3, -0.25) is 4.79 Å². The smallest absolute Gasteiger partial charge is 0.163 e. The van der Waals surface area contributed by atoms with Crippen molar-refractivity contribution >= 4 is 50.0 Å². The van der Waals surface area contributed by atoms with Crippen LogP contribution in [0.3, 0.4) is 0 Å². The van der Waals surface area contributed by atoms with E-state index in [2.05, 4.69) is 27.8 Å². The number of aryl methyl sites for hydroxylation is 3. The van der Waals surface area contributed by atoms with E-state index in [1.54, 1.807) is 18.3 Å². The molecule has 5 rings (SSSR count). The Bertz CT molecular complexity index is 1660. The number of hydrogen-bond acceptors (Lipinski definition) is 5. The van der Waals surface area contributed by atoms with E-state index in [9.17, 15) is 4.79 Å². The lowest BCUT2D eigenvalue weighted by Gasteiger charge is -2.29. The molecule has 37 heavy (non-hydrogen) atoms. The minimum absolute atomic E-state index is 0.0330. The summed E-state index contributed by atoms with van der Waals surface area (Å²) in [6.07, 6.45) is -0.700. The van der Waals surface area contributed by atoms with Crippen LogP contribution < -0.4 is 0 Å². The van der Waals surface area contributed by atoms with Gasteiger partial charge in [-0.15, -0.1) is 11.3 Å². The number of thiazole rings is 1. The van der Waals surface area contributed by atoms with E-state index in [1.807, 2.05) is 72.0 Å². The summed E-state index contributed by atoms with van der Waals surface area (Å²) in [7, 11) is 2.03. The molecule has 0 saturated heterocycles. The number of carbonyl (C=O) groups excluding carboxylic acids is 1. The Morgan fingerprint density at radius 2 is 1.68 bits per heavy atom. The number of nitrogens with zero attached hydrogens (tertiary/aromatic N) is 3. The molecular weight excluding hydrogens is 502 g/mol. The van der Waals surface area contributed by atoms with E-state index >= 15 is 0 Å². The van der Waals surface area contributed by atoms with Crippen LogP contribution in [0.4, 0.5) is 0 Å². The van der Waals surface area contributed by atoms with Crippen LogP contribution in [-0.4, -0.2) is 25.9 Å². The lowest BCUT2D eigenvalue weighted by atomic mass is 9.90. The van der Waals surface area contributed by atoms with Crippen LogP contribution in [0.2, 0.25) is 5.02 Å². The summed E-state index contributed by atoms with van der Waals surface area (Å²) >= 11 is 7.87. The first-order chi connectivity index (χ1) is 17.4. The number of carbonyl (C=O) groups is 1. The molecule has 0 fully saturated rings. The third-order valence-corrected chi connectivity index (χ3v) is 7.90. The van der Waals surface area contributed by atoms with E-state index in [0.29, 0.717) is 5.02 Å². The van der Waals surface area contributed by atoms with Crippen LogP contribution in [0.25, 0.3) is 42.9 Å². The van der Waals surface area contributed by atoms with Gasteiger partial charge in [-0.05, 0) is 89.1 Å². The van der Waals surface area contributed by atoms with Crippen molar-refractivity contribution in [2.75, 3.05) is 0 Å². The average Bonchev–Trinajstić information content (AvgIpc) is 3.37. The summed E-state index contributed by atoms with van der Waals surface area (Å²) in [4.78, 5) is 22.6. The number of ketones is 1. The number of fused-ring (bicyclic) bond motifs is 2. The molecule has 0 amide bonds. The van der Waals surface area contributed by atoms with Gasteiger partial charge in [-0.1, -0.05) is 23.7 Å². The van der Waals surface area contributed by atoms with Gasteiger partial charge in [0.25, 0.3) is 0 Å². The maximum Gasteiger partial charge on any atom is 0.163 e. The maximum atomic E-state index is 13.0. The summed E-state index contributed by atoms with van der Waals surface area (Å²) < 4.78 is 9.46. The summed E-state index contributed by atoms with van der Waals surface area (Å²) in [5.41, 5.74) is 7.26. The quantitative estimate of drug-likeness (QED) is 0.229. The van der Waals surface area contributed by atoms with Gasteiger partial charge in [0, 0.05) is 28.8 Å². The number of halogens is 1. The van der Waals surface area contributed by atoms with Gasteiger partial charge in [0.15, 0.2) is 5.78 Å². The number of imidazole rings is 1. The molecule has 5 aromatic rings. The summed E-state index contributed by atoms with van der Waals surface area (Å²) in [5.74, 6) is 0.935. The molecule has 0 spiro atoms. The van der Waals surface area contributed by atoms with Gasteiger partial charge in [0.1, 0.15) is 16.9 Å². The van der Waals surface area contributed by atoms with Crippen molar-refractivity contribution in [1.29, 1.82) is 0 Å². The highest BCUT2D eigenvalue weighted by Gasteiger charge is 2.30. The Labute approximate surface area is 226 Å². The third-order valence-electron chi connectivity index (χ3n) is 6.51. The lowest BCUT2D eigenvalue weighted by molar-refractivity contribution is -0.138. The zero-order valence-electron chi connectivity index (χ0n) is 22.1. The number of benzene rings is 3. The zero-order chi connectivity index (χ0) is 26.6. The van der Waals surface area contributed by atoms with Crippen LogP contribution in [-0.2, 0) is 16.6 Å². The topological polar surface area (TPSA) is 57.0 Å². The van der Waals surface area contributed by atoms with Crippen molar-refractivity contribution in [3.05, 3.63) is 70.5 Å². The first-order valence-corrected chi connectivity index (χ1v) is 13.4. The van der Waals surface area contributed by atoms with Crippen molar-refractivity contribution in [2.24, 2.45) is 7.05 Å². The largest absolute Gasteiger partial charge is 0.360 e. The van der Waals surface area contributed by atoms with Crippen LogP contribution in [0.1, 0.15) is 50.8 Å². The monoisotopic (exact) mass is 531 g/mol. The molecule has 2 heterocycles. The van der Waals surface area contributed by atoms with Crippen molar-refractivity contribution < 1.29 is 9.53 Å². The average molecular weight is 532 g/mol. The molecule has 0 bridgehead atoms. The molecule has 0 aliphatic heterocycles. The van der Waals surface area contributed by atoms with Gasteiger partial charge in [0.05, 0.1) is 26.9 Å². The molecule has 0 unspecified atom stereocenters. The van der Waals surface area contributed by atoms with Crippen molar-refractivity contribution in [1.82, 2.24) is 14.5 Å². The van der Waals surface area contributed by atoms with Gasteiger partial charge >= 0.3 is 0 Å². The molecule has 0 aliphatic carbocycles. The molecule has 0 N–H and O–H groups in total. The zero-order valence-corrected chi connectivity index (χ0v) is 23.7. The second-order valence-corrected chi connectivity index (χ2v) is 11.9. The van der Waals surface area contributed by atoms with E-state index in [-0.39, 0.29) is 5.78 Å². The van der Waals surface area contributed by atoms with Crippen LogP contribution >= 0.6 is 22.9 Å². The van der Waals surface area contributed by atoms with E-state index in [1.165, 1.54) is 0 Å². The Balaban J connectivity index is 1.78. The Morgan fingerprint density at radius 1 is 1.00 bits per heavy atom. The fraction of sp³-hybridized carbons (Fsp3) is 0.300. The predicted molar refractivity (Wildman–Crippen MR) is 154 cm³/mol. The highest BCUT2D eigenvalue weighted by Crippen LogP contribution is 2.44. The second kappa shape index (κ2) is 9.35. The minimum Gasteiger partial charge on any atom is -0.360 e. The lowest BCUT2D eigenvalue weighted by Crippen LogP contribution is -2.27. The van der Waals surface area contributed by atoms with Crippen LogP contribution in [0, 0.1) is 13.8 Å². The highest BCUT2D eigenvalue weighted by molar-refractivity contribution is 7.22. The molecule has 7 heteroatoms. The predicted octanol–water partition coefficient (Wildman–Crippen LogP) is 8.23.